The highest BCUT2D eigenvalue weighted by Crippen LogP contribution is 2.22. The molecule has 0 saturated heterocycles. The van der Waals surface area contributed by atoms with Crippen LogP contribution < -0.4 is 5.73 Å². The van der Waals surface area contributed by atoms with Crippen molar-refractivity contribution in [2.45, 2.75) is 38.6 Å². The summed E-state index contributed by atoms with van der Waals surface area (Å²) < 4.78 is 0. The van der Waals surface area contributed by atoms with Crippen LogP contribution in [0.4, 0.5) is 0 Å². The maximum atomic E-state index is 5.82. The summed E-state index contributed by atoms with van der Waals surface area (Å²) in [6.07, 6.45) is 7.14. The van der Waals surface area contributed by atoms with E-state index in [0.717, 1.165) is 6.42 Å². The molecule has 1 rings (SSSR count). The average molecular weight is 125 g/mol. The Bertz CT molecular complexity index is 116. The summed E-state index contributed by atoms with van der Waals surface area (Å²) in [6.45, 7) is 2.18. The molecule has 0 aliphatic heterocycles. The largest absolute Gasteiger partial charge is 0.324 e. The van der Waals surface area contributed by atoms with Gasteiger partial charge < -0.3 is 5.73 Å². The summed E-state index contributed by atoms with van der Waals surface area (Å²) in [5.74, 6) is 0. The summed E-state index contributed by atoms with van der Waals surface area (Å²) in [4.78, 5) is 0. The third kappa shape index (κ3) is 1.55. The summed E-state index contributed by atoms with van der Waals surface area (Å²) in [7, 11) is 0. The van der Waals surface area contributed by atoms with Crippen LogP contribution in [0.1, 0.15) is 32.6 Å². The Kier molecular flexibility index (Phi) is 2.29. The summed E-state index contributed by atoms with van der Waals surface area (Å²) in [6, 6.07) is 0.378. The lowest BCUT2D eigenvalue weighted by atomic mass is 9.90. The molecule has 0 fully saturated rings. The fraction of sp³-hybridized carbons (Fsp3) is 0.750. The van der Waals surface area contributed by atoms with Crippen LogP contribution >= 0.6 is 0 Å². The van der Waals surface area contributed by atoms with E-state index < -0.39 is 0 Å². The van der Waals surface area contributed by atoms with E-state index in [2.05, 4.69) is 13.0 Å². The predicted octanol–water partition coefficient (Wildman–Crippen LogP) is 1.83. The standard InChI is InChI=1S/C8H15N/c1-2-4-8(9)7-5-3-6-7/h5,8H,2-4,6,9H2,1H3. The maximum absolute atomic E-state index is 5.82. The van der Waals surface area contributed by atoms with Gasteiger partial charge in [-0.15, -0.1) is 0 Å². The highest BCUT2D eigenvalue weighted by atomic mass is 14.6. The molecule has 1 aliphatic rings. The van der Waals surface area contributed by atoms with Crippen molar-refractivity contribution in [3.63, 3.8) is 0 Å². The molecular weight excluding hydrogens is 110 g/mol. The average Bonchev–Trinajstić information content (AvgIpc) is 1.60. The molecule has 52 valence electrons. The lowest BCUT2D eigenvalue weighted by molar-refractivity contribution is 0.621. The van der Waals surface area contributed by atoms with Crippen LogP contribution in [0.15, 0.2) is 11.6 Å². The molecule has 0 amide bonds. The topological polar surface area (TPSA) is 26.0 Å². The van der Waals surface area contributed by atoms with Gasteiger partial charge in [-0.1, -0.05) is 25.0 Å². The minimum Gasteiger partial charge on any atom is -0.324 e. The first-order chi connectivity index (χ1) is 4.34. The molecule has 2 N–H and O–H groups in total. The Morgan fingerprint density at radius 2 is 2.44 bits per heavy atom. The van der Waals surface area contributed by atoms with Crippen LogP contribution in [0, 0.1) is 0 Å². The molecule has 0 saturated carbocycles. The summed E-state index contributed by atoms with van der Waals surface area (Å²) >= 11 is 0. The molecule has 0 radical (unpaired) electrons. The van der Waals surface area contributed by atoms with Crippen LogP contribution in [-0.2, 0) is 0 Å². The second kappa shape index (κ2) is 3.02. The van der Waals surface area contributed by atoms with E-state index in [1.165, 1.54) is 24.8 Å². The van der Waals surface area contributed by atoms with Gasteiger partial charge in [-0.05, 0) is 19.3 Å². The maximum Gasteiger partial charge on any atom is 0.0253 e. The normalized spacial score (nSPS) is 20.4. The number of allylic oxidation sites excluding steroid dienone is 1. The second-order valence-electron chi connectivity index (χ2n) is 2.71. The third-order valence-electron chi connectivity index (χ3n) is 1.92. The van der Waals surface area contributed by atoms with Crippen molar-refractivity contribution < 1.29 is 0 Å². The van der Waals surface area contributed by atoms with Gasteiger partial charge in [0.25, 0.3) is 0 Å². The molecule has 0 aromatic carbocycles. The minimum atomic E-state index is 0.378. The van der Waals surface area contributed by atoms with Gasteiger partial charge in [-0.25, -0.2) is 0 Å². The summed E-state index contributed by atoms with van der Waals surface area (Å²) in [5.41, 5.74) is 7.30. The molecule has 0 aromatic rings. The number of hydrogen-bond acceptors (Lipinski definition) is 1. The fourth-order valence-electron chi connectivity index (χ4n) is 1.14. The Morgan fingerprint density at radius 3 is 2.78 bits per heavy atom. The second-order valence-corrected chi connectivity index (χ2v) is 2.71. The molecule has 1 unspecified atom stereocenters. The zero-order chi connectivity index (χ0) is 6.69. The van der Waals surface area contributed by atoms with Crippen molar-refractivity contribution in [3.05, 3.63) is 11.6 Å². The van der Waals surface area contributed by atoms with Gasteiger partial charge in [-0.2, -0.15) is 0 Å². The number of hydrogen-bond donors (Lipinski definition) is 1. The van der Waals surface area contributed by atoms with Gasteiger partial charge in [0, 0.05) is 6.04 Å². The fourth-order valence-corrected chi connectivity index (χ4v) is 1.14. The van der Waals surface area contributed by atoms with E-state index in [-0.39, 0.29) is 0 Å². The van der Waals surface area contributed by atoms with Crippen LogP contribution in [0.3, 0.4) is 0 Å². The zero-order valence-corrected chi connectivity index (χ0v) is 6.06. The first-order valence-corrected chi connectivity index (χ1v) is 3.79. The van der Waals surface area contributed by atoms with Gasteiger partial charge in [0.2, 0.25) is 0 Å². The third-order valence-corrected chi connectivity index (χ3v) is 1.92. The van der Waals surface area contributed by atoms with E-state index >= 15 is 0 Å². The van der Waals surface area contributed by atoms with Crippen LogP contribution in [0.5, 0.6) is 0 Å². The molecular formula is C8H15N. The van der Waals surface area contributed by atoms with Crippen molar-refractivity contribution >= 4 is 0 Å². The molecule has 1 atom stereocenters. The van der Waals surface area contributed by atoms with Crippen molar-refractivity contribution in [3.8, 4) is 0 Å². The lowest BCUT2D eigenvalue weighted by Crippen LogP contribution is -2.24. The number of rotatable bonds is 3. The zero-order valence-electron chi connectivity index (χ0n) is 6.06. The van der Waals surface area contributed by atoms with Gasteiger partial charge in [0.1, 0.15) is 0 Å². The van der Waals surface area contributed by atoms with Crippen molar-refractivity contribution in [1.29, 1.82) is 0 Å². The van der Waals surface area contributed by atoms with E-state index in [4.69, 9.17) is 5.73 Å². The molecule has 0 heterocycles. The Morgan fingerprint density at radius 1 is 1.78 bits per heavy atom. The Balaban J connectivity index is 2.24. The van der Waals surface area contributed by atoms with Gasteiger partial charge in [0.15, 0.2) is 0 Å². The molecule has 0 spiro atoms. The highest BCUT2D eigenvalue weighted by Gasteiger charge is 2.12. The first-order valence-electron chi connectivity index (χ1n) is 3.79. The summed E-state index contributed by atoms with van der Waals surface area (Å²) in [5, 5.41) is 0. The molecule has 1 nitrogen and oxygen atoms in total. The Hall–Kier alpha value is -0.300. The van der Waals surface area contributed by atoms with Crippen LogP contribution in [0.25, 0.3) is 0 Å². The molecule has 1 aliphatic carbocycles. The van der Waals surface area contributed by atoms with Crippen molar-refractivity contribution in [2.24, 2.45) is 5.73 Å². The quantitative estimate of drug-likeness (QED) is 0.572. The van der Waals surface area contributed by atoms with E-state index in [0.29, 0.717) is 6.04 Å². The van der Waals surface area contributed by atoms with E-state index in [1.54, 1.807) is 0 Å². The predicted molar refractivity (Wildman–Crippen MR) is 40.2 cm³/mol. The number of nitrogens with two attached hydrogens (primary N) is 1. The smallest absolute Gasteiger partial charge is 0.0253 e. The highest BCUT2D eigenvalue weighted by molar-refractivity contribution is 5.18. The Labute approximate surface area is 56.9 Å². The molecule has 0 aromatic heterocycles. The minimum absolute atomic E-state index is 0.378. The molecule has 1 heteroatoms. The monoisotopic (exact) mass is 125 g/mol. The van der Waals surface area contributed by atoms with Crippen LogP contribution in [0.2, 0.25) is 0 Å². The molecule has 9 heavy (non-hydrogen) atoms. The van der Waals surface area contributed by atoms with Gasteiger partial charge in [-0.3, -0.25) is 0 Å². The molecule has 0 bridgehead atoms. The van der Waals surface area contributed by atoms with Gasteiger partial charge in [0.05, 0.1) is 0 Å². The van der Waals surface area contributed by atoms with Crippen LogP contribution in [-0.4, -0.2) is 6.04 Å². The van der Waals surface area contributed by atoms with E-state index in [9.17, 15) is 0 Å². The first kappa shape index (κ1) is 6.81. The van der Waals surface area contributed by atoms with Crippen molar-refractivity contribution in [2.75, 3.05) is 0 Å². The van der Waals surface area contributed by atoms with Gasteiger partial charge >= 0.3 is 0 Å². The SMILES string of the molecule is CCCC(N)C1=CCC1. The lowest BCUT2D eigenvalue weighted by Gasteiger charge is -2.20. The van der Waals surface area contributed by atoms with E-state index in [1.807, 2.05) is 0 Å². The van der Waals surface area contributed by atoms with Crippen molar-refractivity contribution in [1.82, 2.24) is 0 Å².